The molecule has 0 saturated carbocycles. The maximum atomic E-state index is 4.42. The average molecular weight is 313 g/mol. The Balaban J connectivity index is 1.83. The summed E-state index contributed by atoms with van der Waals surface area (Å²) < 4.78 is 1.91. The fraction of sp³-hybridized carbons (Fsp3) is 0.444. The third-order valence-electron chi connectivity index (χ3n) is 3.95. The van der Waals surface area contributed by atoms with E-state index in [4.69, 9.17) is 0 Å². The van der Waals surface area contributed by atoms with Crippen molar-refractivity contribution in [2.24, 2.45) is 10.9 Å². The van der Waals surface area contributed by atoms with E-state index >= 15 is 0 Å². The van der Waals surface area contributed by atoms with Gasteiger partial charge in [0.2, 0.25) is 0 Å². The molecule has 1 aromatic heterocycles. The summed E-state index contributed by atoms with van der Waals surface area (Å²) in [5.41, 5.74) is 2.28. The Morgan fingerprint density at radius 3 is 2.61 bits per heavy atom. The molecule has 0 amide bonds. The van der Waals surface area contributed by atoms with Crippen molar-refractivity contribution in [1.82, 2.24) is 20.4 Å². The number of nitrogens with zero attached hydrogens (tertiary/aromatic N) is 3. The van der Waals surface area contributed by atoms with Crippen LogP contribution in [0.1, 0.15) is 26.3 Å². The third-order valence-corrected chi connectivity index (χ3v) is 3.95. The van der Waals surface area contributed by atoms with Crippen molar-refractivity contribution in [3.63, 3.8) is 0 Å². The molecule has 1 aromatic carbocycles. The molecule has 0 bridgehead atoms. The second-order valence-corrected chi connectivity index (χ2v) is 6.05. The van der Waals surface area contributed by atoms with Gasteiger partial charge in [-0.3, -0.25) is 4.99 Å². The lowest BCUT2D eigenvalue weighted by atomic mass is 10.1. The number of rotatable bonds is 6. The number of nitrogens with one attached hydrogen (secondary N) is 2. The van der Waals surface area contributed by atoms with Crippen LogP contribution in [0, 0.1) is 5.92 Å². The van der Waals surface area contributed by atoms with Gasteiger partial charge in [-0.1, -0.05) is 32.0 Å². The summed E-state index contributed by atoms with van der Waals surface area (Å²) in [4.78, 5) is 4.27. The molecule has 5 heteroatoms. The number of aromatic nitrogens is 2. The van der Waals surface area contributed by atoms with Crippen LogP contribution in [-0.4, -0.2) is 35.4 Å². The smallest absolute Gasteiger partial charge is 0.191 e. The highest BCUT2D eigenvalue weighted by atomic mass is 15.3. The predicted molar refractivity (Wildman–Crippen MR) is 96.1 cm³/mol. The van der Waals surface area contributed by atoms with Gasteiger partial charge in [0.1, 0.15) is 0 Å². The highest BCUT2D eigenvalue weighted by Gasteiger charge is 2.08. The quantitative estimate of drug-likeness (QED) is 0.637. The lowest BCUT2D eigenvalue weighted by Crippen LogP contribution is -2.44. The number of para-hydroxylation sites is 1. The molecule has 0 fully saturated rings. The first kappa shape index (κ1) is 17.1. The van der Waals surface area contributed by atoms with Crippen molar-refractivity contribution >= 4 is 5.96 Å². The van der Waals surface area contributed by atoms with Crippen molar-refractivity contribution in [1.29, 1.82) is 0 Å². The first-order valence-electron chi connectivity index (χ1n) is 8.16. The first-order valence-corrected chi connectivity index (χ1v) is 8.16. The van der Waals surface area contributed by atoms with Gasteiger partial charge in [0.25, 0.3) is 0 Å². The van der Waals surface area contributed by atoms with E-state index in [1.165, 1.54) is 5.56 Å². The summed E-state index contributed by atoms with van der Waals surface area (Å²) in [6, 6.07) is 10.5. The van der Waals surface area contributed by atoms with E-state index in [0.29, 0.717) is 12.0 Å². The Bertz CT molecular complexity index is 615. The van der Waals surface area contributed by atoms with E-state index in [1.54, 1.807) is 7.05 Å². The van der Waals surface area contributed by atoms with Gasteiger partial charge in [-0.05, 0) is 37.0 Å². The van der Waals surface area contributed by atoms with Crippen molar-refractivity contribution in [3.8, 4) is 5.69 Å². The molecule has 1 unspecified atom stereocenters. The van der Waals surface area contributed by atoms with Gasteiger partial charge in [0.05, 0.1) is 11.9 Å². The van der Waals surface area contributed by atoms with Crippen molar-refractivity contribution in [3.05, 3.63) is 48.3 Å². The molecule has 0 aliphatic carbocycles. The maximum absolute atomic E-state index is 4.42. The molecule has 124 valence electrons. The van der Waals surface area contributed by atoms with Gasteiger partial charge in [0.15, 0.2) is 5.96 Å². The van der Waals surface area contributed by atoms with E-state index in [-0.39, 0.29) is 0 Å². The highest BCUT2D eigenvalue weighted by Crippen LogP contribution is 2.07. The largest absolute Gasteiger partial charge is 0.356 e. The summed E-state index contributed by atoms with van der Waals surface area (Å²) >= 11 is 0. The van der Waals surface area contributed by atoms with Crippen LogP contribution in [-0.2, 0) is 6.42 Å². The number of hydrogen-bond acceptors (Lipinski definition) is 2. The minimum atomic E-state index is 0.391. The van der Waals surface area contributed by atoms with E-state index in [2.05, 4.69) is 47.7 Å². The SMILES string of the molecule is CN=C(NCCc1cnn(-c2ccccc2)c1)NC(C)C(C)C. The second-order valence-electron chi connectivity index (χ2n) is 6.05. The molecule has 0 spiro atoms. The average Bonchev–Trinajstić information content (AvgIpc) is 3.03. The van der Waals surface area contributed by atoms with Crippen LogP contribution in [0.3, 0.4) is 0 Å². The first-order chi connectivity index (χ1) is 11.1. The number of aliphatic imine (C=N–C) groups is 1. The molecular formula is C18H27N5. The van der Waals surface area contributed by atoms with Crippen LogP contribution in [0.15, 0.2) is 47.7 Å². The third kappa shape index (κ3) is 5.13. The molecule has 2 aromatic rings. The van der Waals surface area contributed by atoms with Crippen LogP contribution in [0.2, 0.25) is 0 Å². The van der Waals surface area contributed by atoms with Crippen molar-refractivity contribution in [2.75, 3.05) is 13.6 Å². The summed E-state index contributed by atoms with van der Waals surface area (Å²) in [7, 11) is 1.80. The Morgan fingerprint density at radius 2 is 1.96 bits per heavy atom. The lowest BCUT2D eigenvalue weighted by Gasteiger charge is -2.20. The fourth-order valence-electron chi connectivity index (χ4n) is 2.11. The van der Waals surface area contributed by atoms with E-state index in [0.717, 1.165) is 24.6 Å². The number of guanidine groups is 1. The van der Waals surface area contributed by atoms with E-state index in [9.17, 15) is 0 Å². The van der Waals surface area contributed by atoms with E-state index < -0.39 is 0 Å². The minimum Gasteiger partial charge on any atom is -0.356 e. The van der Waals surface area contributed by atoms with Gasteiger partial charge < -0.3 is 10.6 Å². The van der Waals surface area contributed by atoms with Gasteiger partial charge >= 0.3 is 0 Å². The van der Waals surface area contributed by atoms with Crippen LogP contribution >= 0.6 is 0 Å². The minimum absolute atomic E-state index is 0.391. The zero-order chi connectivity index (χ0) is 16.7. The normalized spacial score (nSPS) is 13.2. The van der Waals surface area contributed by atoms with Gasteiger partial charge in [-0.2, -0.15) is 5.10 Å². The number of benzene rings is 1. The van der Waals surface area contributed by atoms with Crippen LogP contribution in [0.25, 0.3) is 5.69 Å². The zero-order valence-electron chi connectivity index (χ0n) is 14.5. The Morgan fingerprint density at radius 1 is 1.22 bits per heavy atom. The van der Waals surface area contributed by atoms with Gasteiger partial charge in [0, 0.05) is 25.8 Å². The molecule has 0 saturated heterocycles. The molecule has 23 heavy (non-hydrogen) atoms. The molecule has 1 atom stereocenters. The summed E-state index contributed by atoms with van der Waals surface area (Å²) in [5, 5.41) is 11.2. The summed E-state index contributed by atoms with van der Waals surface area (Å²) in [6.07, 6.45) is 4.90. The molecule has 0 aliphatic rings. The Hall–Kier alpha value is -2.30. The zero-order valence-corrected chi connectivity index (χ0v) is 14.5. The summed E-state index contributed by atoms with van der Waals surface area (Å²) in [5.74, 6) is 1.42. The van der Waals surface area contributed by atoms with Gasteiger partial charge in [-0.25, -0.2) is 4.68 Å². The van der Waals surface area contributed by atoms with Gasteiger partial charge in [-0.15, -0.1) is 0 Å². The van der Waals surface area contributed by atoms with Crippen LogP contribution in [0.5, 0.6) is 0 Å². The summed E-state index contributed by atoms with van der Waals surface area (Å²) in [6.45, 7) is 7.39. The lowest BCUT2D eigenvalue weighted by molar-refractivity contribution is 0.481. The maximum Gasteiger partial charge on any atom is 0.191 e. The van der Waals surface area contributed by atoms with Crippen LogP contribution in [0.4, 0.5) is 0 Å². The monoisotopic (exact) mass is 313 g/mol. The predicted octanol–water partition coefficient (Wildman–Crippen LogP) is 2.62. The molecule has 1 heterocycles. The molecule has 5 nitrogen and oxygen atoms in total. The standard InChI is InChI=1S/C18H27N5/c1-14(2)15(3)22-18(19-4)20-11-10-16-12-21-23(13-16)17-8-6-5-7-9-17/h5-9,12-15H,10-11H2,1-4H3,(H2,19,20,22). The number of hydrogen-bond donors (Lipinski definition) is 2. The van der Waals surface area contributed by atoms with E-state index in [1.807, 2.05) is 41.2 Å². The van der Waals surface area contributed by atoms with Crippen LogP contribution < -0.4 is 10.6 Å². The van der Waals surface area contributed by atoms with Crippen molar-refractivity contribution in [2.45, 2.75) is 33.2 Å². The topological polar surface area (TPSA) is 54.2 Å². The molecule has 0 aliphatic heterocycles. The Kier molecular flexibility index (Phi) is 6.20. The molecular weight excluding hydrogens is 286 g/mol. The fourth-order valence-corrected chi connectivity index (χ4v) is 2.11. The molecule has 2 N–H and O–H groups in total. The molecule has 0 radical (unpaired) electrons. The highest BCUT2D eigenvalue weighted by molar-refractivity contribution is 5.79. The second kappa shape index (κ2) is 8.36. The molecule has 2 rings (SSSR count). The van der Waals surface area contributed by atoms with Crippen molar-refractivity contribution < 1.29 is 0 Å². The Labute approximate surface area is 138 Å².